The molecule has 124 valence electrons. The van der Waals surface area contributed by atoms with Crippen molar-refractivity contribution < 1.29 is 14.4 Å². The smallest absolute Gasteiger partial charge is 0.242 e. The van der Waals surface area contributed by atoms with E-state index in [1.807, 2.05) is 0 Å². The average Bonchev–Trinajstić information content (AvgIpc) is 3.29. The maximum absolute atomic E-state index is 11.9. The number of hydrogen-bond donors (Lipinski definition) is 3. The van der Waals surface area contributed by atoms with Crippen LogP contribution in [0.2, 0.25) is 0 Å². The van der Waals surface area contributed by atoms with Crippen molar-refractivity contribution in [3.8, 4) is 0 Å². The number of carbonyl (C=O) groups excluding carboxylic acids is 3. The second kappa shape index (κ2) is 8.15. The minimum atomic E-state index is -0.607. The lowest BCUT2D eigenvalue weighted by molar-refractivity contribution is -0.130. The summed E-state index contributed by atoms with van der Waals surface area (Å²) < 4.78 is 0. The molecule has 0 aromatic heterocycles. The highest BCUT2D eigenvalue weighted by Gasteiger charge is 2.24. The van der Waals surface area contributed by atoms with E-state index in [1.165, 1.54) is 19.3 Å². The molecule has 0 heterocycles. The molecule has 0 aromatic carbocycles. The van der Waals surface area contributed by atoms with Crippen LogP contribution >= 0.6 is 0 Å². The van der Waals surface area contributed by atoms with Crippen LogP contribution in [0.1, 0.15) is 58.3 Å². The van der Waals surface area contributed by atoms with E-state index in [0.717, 1.165) is 25.7 Å². The third kappa shape index (κ3) is 6.03. The van der Waals surface area contributed by atoms with Crippen LogP contribution in [0, 0.1) is 5.92 Å². The SMILES string of the molecule is C[C@H](NC(=O)CC1CCCCC1)C(=O)NCC(=O)NC1CC1. The van der Waals surface area contributed by atoms with Crippen molar-refractivity contribution in [3.63, 3.8) is 0 Å². The van der Waals surface area contributed by atoms with Gasteiger partial charge in [-0.15, -0.1) is 0 Å². The van der Waals surface area contributed by atoms with Gasteiger partial charge >= 0.3 is 0 Å². The van der Waals surface area contributed by atoms with E-state index in [-0.39, 0.29) is 30.3 Å². The zero-order valence-corrected chi connectivity index (χ0v) is 13.3. The topological polar surface area (TPSA) is 87.3 Å². The quantitative estimate of drug-likeness (QED) is 0.652. The van der Waals surface area contributed by atoms with Gasteiger partial charge in [-0.05, 0) is 38.5 Å². The summed E-state index contributed by atoms with van der Waals surface area (Å²) in [6.45, 7) is 1.62. The van der Waals surface area contributed by atoms with E-state index < -0.39 is 6.04 Å². The first-order chi connectivity index (χ1) is 10.5. The monoisotopic (exact) mass is 309 g/mol. The van der Waals surface area contributed by atoms with Gasteiger partial charge in [0.2, 0.25) is 17.7 Å². The summed E-state index contributed by atoms with van der Waals surface area (Å²) >= 11 is 0. The Bertz CT molecular complexity index is 415. The number of nitrogens with one attached hydrogen (secondary N) is 3. The van der Waals surface area contributed by atoms with Crippen LogP contribution in [0.4, 0.5) is 0 Å². The molecule has 2 saturated carbocycles. The molecule has 2 aliphatic rings. The fourth-order valence-electron chi connectivity index (χ4n) is 2.85. The predicted octanol–water partition coefficient (Wildman–Crippen LogP) is 0.856. The lowest BCUT2D eigenvalue weighted by atomic mass is 9.87. The Morgan fingerprint density at radius 2 is 1.68 bits per heavy atom. The average molecular weight is 309 g/mol. The van der Waals surface area contributed by atoms with Crippen molar-refractivity contribution in [2.75, 3.05) is 6.54 Å². The van der Waals surface area contributed by atoms with Gasteiger partial charge in [0.1, 0.15) is 6.04 Å². The van der Waals surface area contributed by atoms with Crippen molar-refractivity contribution >= 4 is 17.7 Å². The molecule has 22 heavy (non-hydrogen) atoms. The largest absolute Gasteiger partial charge is 0.352 e. The fraction of sp³-hybridized carbons (Fsp3) is 0.812. The van der Waals surface area contributed by atoms with Gasteiger partial charge in [0.05, 0.1) is 6.54 Å². The molecule has 3 amide bonds. The first-order valence-electron chi connectivity index (χ1n) is 8.41. The molecule has 3 N–H and O–H groups in total. The predicted molar refractivity (Wildman–Crippen MR) is 83.0 cm³/mol. The molecule has 2 rings (SSSR count). The number of rotatable bonds is 7. The molecule has 0 aromatic rings. The molecule has 1 atom stereocenters. The van der Waals surface area contributed by atoms with Gasteiger partial charge in [0.15, 0.2) is 0 Å². The standard InChI is InChI=1S/C16H27N3O3/c1-11(16(22)17-10-15(21)19-13-7-8-13)18-14(20)9-12-5-3-2-4-6-12/h11-13H,2-10H2,1H3,(H,17,22)(H,18,20)(H,19,21)/t11-/m0/s1. The summed E-state index contributed by atoms with van der Waals surface area (Å²) in [7, 11) is 0. The highest BCUT2D eigenvalue weighted by Crippen LogP contribution is 2.26. The van der Waals surface area contributed by atoms with Gasteiger partial charge in [-0.1, -0.05) is 19.3 Å². The summed E-state index contributed by atoms with van der Waals surface area (Å²) in [6, 6.07) is -0.318. The Labute approximate surface area is 131 Å². The van der Waals surface area contributed by atoms with Crippen molar-refractivity contribution in [1.82, 2.24) is 16.0 Å². The number of amides is 3. The molecule has 0 radical (unpaired) electrons. The van der Waals surface area contributed by atoms with E-state index >= 15 is 0 Å². The Morgan fingerprint density at radius 3 is 2.32 bits per heavy atom. The van der Waals surface area contributed by atoms with Gasteiger partial charge in [0.25, 0.3) is 0 Å². The zero-order valence-electron chi connectivity index (χ0n) is 13.3. The van der Waals surface area contributed by atoms with Gasteiger partial charge in [-0.2, -0.15) is 0 Å². The van der Waals surface area contributed by atoms with Crippen molar-refractivity contribution in [3.05, 3.63) is 0 Å². The second-order valence-corrected chi connectivity index (χ2v) is 6.56. The summed E-state index contributed by atoms with van der Waals surface area (Å²) in [6.07, 6.45) is 8.42. The van der Waals surface area contributed by atoms with Crippen LogP contribution < -0.4 is 16.0 Å². The van der Waals surface area contributed by atoms with Gasteiger partial charge in [-0.25, -0.2) is 0 Å². The number of hydrogen-bond acceptors (Lipinski definition) is 3. The molecule has 0 unspecified atom stereocenters. The first kappa shape index (κ1) is 16.8. The van der Waals surface area contributed by atoms with Crippen LogP contribution in [0.25, 0.3) is 0 Å². The Hall–Kier alpha value is -1.59. The Morgan fingerprint density at radius 1 is 1.00 bits per heavy atom. The molecule has 2 aliphatic carbocycles. The van der Waals surface area contributed by atoms with Crippen LogP contribution in [0.3, 0.4) is 0 Å². The molecule has 6 heteroatoms. The van der Waals surface area contributed by atoms with Crippen LogP contribution in [-0.4, -0.2) is 36.3 Å². The van der Waals surface area contributed by atoms with E-state index in [4.69, 9.17) is 0 Å². The molecule has 2 fully saturated rings. The Balaban J connectivity index is 1.61. The molecular weight excluding hydrogens is 282 g/mol. The van der Waals surface area contributed by atoms with E-state index in [2.05, 4.69) is 16.0 Å². The summed E-state index contributed by atoms with van der Waals surface area (Å²) in [5.41, 5.74) is 0. The Kier molecular flexibility index (Phi) is 6.21. The number of carbonyl (C=O) groups is 3. The fourth-order valence-corrected chi connectivity index (χ4v) is 2.85. The minimum Gasteiger partial charge on any atom is -0.352 e. The molecule has 6 nitrogen and oxygen atoms in total. The first-order valence-corrected chi connectivity index (χ1v) is 8.41. The van der Waals surface area contributed by atoms with Crippen LogP contribution in [-0.2, 0) is 14.4 Å². The van der Waals surface area contributed by atoms with Crippen LogP contribution in [0.5, 0.6) is 0 Å². The van der Waals surface area contributed by atoms with Crippen molar-refractivity contribution in [2.45, 2.75) is 70.4 Å². The van der Waals surface area contributed by atoms with E-state index in [0.29, 0.717) is 12.3 Å². The van der Waals surface area contributed by atoms with E-state index in [1.54, 1.807) is 6.92 Å². The molecular formula is C16H27N3O3. The minimum absolute atomic E-state index is 0.0296. The third-order valence-electron chi connectivity index (χ3n) is 4.34. The maximum Gasteiger partial charge on any atom is 0.242 e. The van der Waals surface area contributed by atoms with Crippen molar-refractivity contribution in [2.24, 2.45) is 5.92 Å². The molecule has 0 aliphatic heterocycles. The lowest BCUT2D eigenvalue weighted by Crippen LogP contribution is -2.48. The summed E-state index contributed by atoms with van der Waals surface area (Å²) in [4.78, 5) is 35.3. The van der Waals surface area contributed by atoms with Gasteiger partial charge in [-0.3, -0.25) is 14.4 Å². The highest BCUT2D eigenvalue weighted by atomic mass is 16.2. The van der Waals surface area contributed by atoms with E-state index in [9.17, 15) is 14.4 Å². The van der Waals surface area contributed by atoms with Crippen molar-refractivity contribution in [1.29, 1.82) is 0 Å². The van der Waals surface area contributed by atoms with Gasteiger partial charge in [0, 0.05) is 12.5 Å². The van der Waals surface area contributed by atoms with Crippen LogP contribution in [0.15, 0.2) is 0 Å². The summed E-state index contributed by atoms with van der Waals surface area (Å²) in [5.74, 6) is -0.107. The van der Waals surface area contributed by atoms with Gasteiger partial charge < -0.3 is 16.0 Å². The second-order valence-electron chi connectivity index (χ2n) is 6.56. The normalized spacial score (nSPS) is 20.0. The maximum atomic E-state index is 11.9. The third-order valence-corrected chi connectivity index (χ3v) is 4.34. The molecule has 0 bridgehead atoms. The molecule has 0 saturated heterocycles. The summed E-state index contributed by atoms with van der Waals surface area (Å²) in [5, 5.41) is 8.08. The lowest BCUT2D eigenvalue weighted by Gasteiger charge is -2.22. The molecule has 0 spiro atoms. The zero-order chi connectivity index (χ0) is 15.9. The highest BCUT2D eigenvalue weighted by molar-refractivity contribution is 5.90.